The maximum Gasteiger partial charge on any atom is 0.227 e. The number of amides is 1. The van der Waals surface area contributed by atoms with Gasteiger partial charge in [0.15, 0.2) is 0 Å². The highest BCUT2D eigenvalue weighted by molar-refractivity contribution is 5.79. The standard InChI is InChI=1S/C18H28N2O/c1-18(2,3)16-8-10-20(11-9-16)17(21)12-14-6-4-5-7-15(14)13-19/h4-7,16H,8-13,19H2,1-3H3. The quantitative estimate of drug-likeness (QED) is 0.929. The van der Waals surface area contributed by atoms with Crippen molar-refractivity contribution in [3.63, 3.8) is 0 Å². The van der Waals surface area contributed by atoms with E-state index < -0.39 is 0 Å². The van der Waals surface area contributed by atoms with Crippen molar-refractivity contribution in [1.82, 2.24) is 4.90 Å². The van der Waals surface area contributed by atoms with Crippen LogP contribution in [0, 0.1) is 11.3 Å². The van der Waals surface area contributed by atoms with Crippen LogP contribution in [0.2, 0.25) is 0 Å². The van der Waals surface area contributed by atoms with E-state index in [1.807, 2.05) is 29.2 Å². The molecule has 21 heavy (non-hydrogen) atoms. The molecule has 0 unspecified atom stereocenters. The van der Waals surface area contributed by atoms with Crippen molar-refractivity contribution in [3.05, 3.63) is 35.4 Å². The molecule has 0 radical (unpaired) electrons. The van der Waals surface area contributed by atoms with Crippen LogP contribution in [0.25, 0.3) is 0 Å². The van der Waals surface area contributed by atoms with E-state index in [1.54, 1.807) is 0 Å². The molecule has 0 atom stereocenters. The predicted octanol–water partition coefficient (Wildman–Crippen LogP) is 2.97. The summed E-state index contributed by atoms with van der Waals surface area (Å²) in [7, 11) is 0. The van der Waals surface area contributed by atoms with Crippen LogP contribution < -0.4 is 5.73 Å². The summed E-state index contributed by atoms with van der Waals surface area (Å²) in [6, 6.07) is 7.98. The largest absolute Gasteiger partial charge is 0.342 e. The first-order valence-corrected chi connectivity index (χ1v) is 7.96. The number of likely N-dealkylation sites (tertiary alicyclic amines) is 1. The van der Waals surface area contributed by atoms with E-state index >= 15 is 0 Å². The Kier molecular flexibility index (Phi) is 5.04. The third kappa shape index (κ3) is 4.07. The lowest BCUT2D eigenvalue weighted by Crippen LogP contribution is -2.42. The van der Waals surface area contributed by atoms with Crippen LogP contribution in [0.1, 0.15) is 44.7 Å². The Morgan fingerprint density at radius 1 is 1.19 bits per heavy atom. The van der Waals surface area contributed by atoms with Crippen LogP contribution >= 0.6 is 0 Å². The van der Waals surface area contributed by atoms with Gasteiger partial charge in [0.05, 0.1) is 6.42 Å². The van der Waals surface area contributed by atoms with Gasteiger partial charge >= 0.3 is 0 Å². The third-order valence-corrected chi connectivity index (χ3v) is 4.75. The average Bonchev–Trinajstić information content (AvgIpc) is 2.47. The maximum atomic E-state index is 12.5. The fourth-order valence-corrected chi connectivity index (χ4v) is 3.20. The van der Waals surface area contributed by atoms with Crippen LogP contribution in [0.15, 0.2) is 24.3 Å². The molecule has 0 spiro atoms. The summed E-state index contributed by atoms with van der Waals surface area (Å²) in [5, 5.41) is 0. The van der Waals surface area contributed by atoms with Gasteiger partial charge in [0, 0.05) is 19.6 Å². The molecule has 2 N–H and O–H groups in total. The minimum atomic E-state index is 0.239. The molecule has 1 heterocycles. The molecule has 0 bridgehead atoms. The number of piperidine rings is 1. The highest BCUT2D eigenvalue weighted by Crippen LogP contribution is 2.34. The number of nitrogens with zero attached hydrogens (tertiary/aromatic N) is 1. The fraction of sp³-hybridized carbons (Fsp3) is 0.611. The first kappa shape index (κ1) is 16.0. The van der Waals surface area contributed by atoms with Crippen LogP contribution in [-0.4, -0.2) is 23.9 Å². The van der Waals surface area contributed by atoms with Gasteiger partial charge in [-0.05, 0) is 35.3 Å². The second-order valence-corrected chi connectivity index (χ2v) is 7.17. The Balaban J connectivity index is 1.94. The number of nitrogens with two attached hydrogens (primary N) is 1. The first-order chi connectivity index (χ1) is 9.91. The molecule has 1 aromatic carbocycles. The molecule has 1 aliphatic rings. The van der Waals surface area contributed by atoms with Gasteiger partial charge in [0.2, 0.25) is 5.91 Å². The number of hydrogen-bond donors (Lipinski definition) is 1. The molecule has 1 fully saturated rings. The van der Waals surface area contributed by atoms with E-state index in [0.29, 0.717) is 18.4 Å². The monoisotopic (exact) mass is 288 g/mol. The Morgan fingerprint density at radius 3 is 2.29 bits per heavy atom. The molecule has 0 aliphatic carbocycles. The summed E-state index contributed by atoms with van der Waals surface area (Å²) in [6.07, 6.45) is 2.72. The Morgan fingerprint density at radius 2 is 1.76 bits per heavy atom. The second-order valence-electron chi connectivity index (χ2n) is 7.17. The van der Waals surface area contributed by atoms with Crippen molar-refractivity contribution >= 4 is 5.91 Å². The molecule has 1 saturated heterocycles. The lowest BCUT2D eigenvalue weighted by Gasteiger charge is -2.38. The highest BCUT2D eigenvalue weighted by atomic mass is 16.2. The highest BCUT2D eigenvalue weighted by Gasteiger charge is 2.30. The lowest BCUT2D eigenvalue weighted by atomic mass is 9.75. The minimum Gasteiger partial charge on any atom is -0.342 e. The van der Waals surface area contributed by atoms with Crippen molar-refractivity contribution in [2.45, 2.75) is 46.6 Å². The van der Waals surface area contributed by atoms with E-state index in [1.165, 1.54) is 0 Å². The van der Waals surface area contributed by atoms with Crippen molar-refractivity contribution in [2.24, 2.45) is 17.1 Å². The van der Waals surface area contributed by atoms with Gasteiger partial charge < -0.3 is 10.6 Å². The van der Waals surface area contributed by atoms with Crippen molar-refractivity contribution in [1.29, 1.82) is 0 Å². The van der Waals surface area contributed by atoms with Gasteiger partial charge in [-0.3, -0.25) is 4.79 Å². The number of rotatable bonds is 3. The predicted molar refractivity (Wildman–Crippen MR) is 86.8 cm³/mol. The smallest absolute Gasteiger partial charge is 0.227 e. The summed E-state index contributed by atoms with van der Waals surface area (Å²) >= 11 is 0. The Bertz CT molecular complexity index is 482. The second kappa shape index (κ2) is 6.61. The molecule has 0 aromatic heterocycles. The molecule has 1 aliphatic heterocycles. The fourth-order valence-electron chi connectivity index (χ4n) is 3.20. The van der Waals surface area contributed by atoms with Crippen LogP contribution in [0.3, 0.4) is 0 Å². The zero-order chi connectivity index (χ0) is 15.5. The number of carbonyl (C=O) groups excluding carboxylic acids is 1. The summed E-state index contributed by atoms with van der Waals surface area (Å²) in [5.74, 6) is 0.959. The number of hydrogen-bond acceptors (Lipinski definition) is 2. The van der Waals surface area contributed by atoms with Gasteiger partial charge in [-0.1, -0.05) is 45.0 Å². The van der Waals surface area contributed by atoms with Gasteiger partial charge in [-0.2, -0.15) is 0 Å². The van der Waals surface area contributed by atoms with Crippen molar-refractivity contribution in [3.8, 4) is 0 Å². The topological polar surface area (TPSA) is 46.3 Å². The SMILES string of the molecule is CC(C)(C)C1CCN(C(=O)Cc2ccccc2CN)CC1. The Labute approximate surface area is 128 Å². The average molecular weight is 288 g/mol. The summed E-state index contributed by atoms with van der Waals surface area (Å²) in [6.45, 7) is 9.18. The molecule has 1 amide bonds. The summed E-state index contributed by atoms with van der Waals surface area (Å²) < 4.78 is 0. The minimum absolute atomic E-state index is 0.239. The number of carbonyl (C=O) groups is 1. The van der Waals surface area contributed by atoms with E-state index in [0.717, 1.165) is 43.0 Å². The molecule has 2 rings (SSSR count). The molecule has 3 nitrogen and oxygen atoms in total. The van der Waals surface area contributed by atoms with E-state index in [2.05, 4.69) is 20.8 Å². The summed E-state index contributed by atoms with van der Waals surface area (Å²) in [5.41, 5.74) is 8.25. The van der Waals surface area contributed by atoms with E-state index in [4.69, 9.17) is 5.73 Å². The van der Waals surface area contributed by atoms with Gasteiger partial charge in [0.25, 0.3) is 0 Å². The lowest BCUT2D eigenvalue weighted by molar-refractivity contribution is -0.132. The van der Waals surface area contributed by atoms with E-state index in [9.17, 15) is 4.79 Å². The number of benzene rings is 1. The maximum absolute atomic E-state index is 12.5. The molecule has 116 valence electrons. The van der Waals surface area contributed by atoms with Crippen molar-refractivity contribution in [2.75, 3.05) is 13.1 Å². The molecular weight excluding hydrogens is 260 g/mol. The van der Waals surface area contributed by atoms with Gasteiger partial charge in [-0.15, -0.1) is 0 Å². The molecule has 1 aromatic rings. The van der Waals surface area contributed by atoms with Crippen LogP contribution in [0.5, 0.6) is 0 Å². The molecular formula is C18H28N2O. The van der Waals surface area contributed by atoms with Crippen LogP contribution in [0.4, 0.5) is 0 Å². The van der Waals surface area contributed by atoms with Crippen LogP contribution in [-0.2, 0) is 17.8 Å². The van der Waals surface area contributed by atoms with Gasteiger partial charge in [-0.25, -0.2) is 0 Å². The molecule has 3 heteroatoms. The zero-order valence-electron chi connectivity index (χ0n) is 13.6. The molecule has 0 saturated carbocycles. The normalized spacial score (nSPS) is 17.0. The first-order valence-electron chi connectivity index (χ1n) is 7.96. The van der Waals surface area contributed by atoms with Crippen molar-refractivity contribution < 1.29 is 4.79 Å². The zero-order valence-corrected chi connectivity index (χ0v) is 13.6. The van der Waals surface area contributed by atoms with Gasteiger partial charge in [0.1, 0.15) is 0 Å². The summed E-state index contributed by atoms with van der Waals surface area (Å²) in [4.78, 5) is 14.5. The van der Waals surface area contributed by atoms with E-state index in [-0.39, 0.29) is 5.91 Å². The Hall–Kier alpha value is -1.35. The third-order valence-electron chi connectivity index (χ3n) is 4.75.